The van der Waals surface area contributed by atoms with Crippen LogP contribution in [0.2, 0.25) is 0 Å². The predicted molar refractivity (Wildman–Crippen MR) is 66.4 cm³/mol. The monoisotopic (exact) mass is 245 g/mol. The molecule has 0 radical (unpaired) electrons. The van der Waals surface area contributed by atoms with Crippen LogP contribution in [-0.4, -0.2) is 50.9 Å². The van der Waals surface area contributed by atoms with Gasteiger partial charge in [0.2, 0.25) is 0 Å². The number of carbonyl (C=O) groups excluding carboxylic acids is 1. The molecule has 2 aromatic heterocycles. The molecule has 1 aliphatic heterocycles. The summed E-state index contributed by atoms with van der Waals surface area (Å²) in [5.74, 6) is -0.0409. The number of nitrogens with zero attached hydrogens (tertiary/aromatic N) is 4. The zero-order valence-corrected chi connectivity index (χ0v) is 10.2. The number of aromatic nitrogens is 3. The molecule has 0 aliphatic carbocycles. The Morgan fingerprint density at radius 2 is 2.17 bits per heavy atom. The molecule has 1 aliphatic rings. The maximum absolute atomic E-state index is 12.5. The minimum atomic E-state index is -0.0409. The van der Waals surface area contributed by atoms with Crippen molar-refractivity contribution < 1.29 is 4.79 Å². The van der Waals surface area contributed by atoms with E-state index >= 15 is 0 Å². The van der Waals surface area contributed by atoms with Crippen LogP contribution < -0.4 is 5.32 Å². The lowest BCUT2D eigenvalue weighted by Gasteiger charge is -2.33. The second-order valence-corrected chi connectivity index (χ2v) is 4.49. The van der Waals surface area contributed by atoms with Crippen molar-refractivity contribution >= 4 is 11.6 Å². The molecule has 0 spiro atoms. The largest absolute Gasteiger partial charge is 0.332 e. The summed E-state index contributed by atoms with van der Waals surface area (Å²) in [4.78, 5) is 22.7. The molecule has 2 aromatic rings. The van der Waals surface area contributed by atoms with Gasteiger partial charge in [-0.3, -0.25) is 4.79 Å². The highest BCUT2D eigenvalue weighted by molar-refractivity contribution is 5.98. The lowest BCUT2D eigenvalue weighted by molar-refractivity contribution is 0.0651. The van der Waals surface area contributed by atoms with E-state index in [0.29, 0.717) is 17.9 Å². The molecule has 1 saturated heterocycles. The molecule has 0 aromatic carbocycles. The fourth-order valence-corrected chi connectivity index (χ4v) is 2.28. The van der Waals surface area contributed by atoms with E-state index in [1.807, 2.05) is 22.4 Å². The average molecular weight is 245 g/mol. The van der Waals surface area contributed by atoms with E-state index in [9.17, 15) is 4.79 Å². The number of carbonyl (C=O) groups is 1. The van der Waals surface area contributed by atoms with Gasteiger partial charge in [-0.05, 0) is 6.92 Å². The van der Waals surface area contributed by atoms with Crippen molar-refractivity contribution in [3.05, 3.63) is 30.5 Å². The summed E-state index contributed by atoms with van der Waals surface area (Å²) in [7, 11) is 0. The molecule has 1 fully saturated rings. The van der Waals surface area contributed by atoms with Crippen molar-refractivity contribution in [2.24, 2.45) is 0 Å². The number of amides is 1. The van der Waals surface area contributed by atoms with Gasteiger partial charge in [-0.25, -0.2) is 9.97 Å². The minimum Gasteiger partial charge on any atom is -0.332 e. The van der Waals surface area contributed by atoms with Crippen molar-refractivity contribution in [1.29, 1.82) is 0 Å². The van der Waals surface area contributed by atoms with Crippen molar-refractivity contribution in [3.63, 3.8) is 0 Å². The first-order chi connectivity index (χ1) is 8.77. The first-order valence-electron chi connectivity index (χ1n) is 6.07. The normalized spacial score (nSPS) is 20.3. The van der Waals surface area contributed by atoms with Gasteiger partial charge in [0.15, 0.2) is 11.3 Å². The predicted octanol–water partition coefficient (Wildman–Crippen LogP) is 0.163. The van der Waals surface area contributed by atoms with Crippen LogP contribution in [0.25, 0.3) is 5.65 Å². The molecule has 0 saturated carbocycles. The SMILES string of the molecule is C[C@@H]1CNCCN1C(=O)c1nccn2ccnc12. The second kappa shape index (κ2) is 4.38. The Hall–Kier alpha value is -1.95. The Bertz CT molecular complexity index is 579. The first kappa shape index (κ1) is 11.2. The fourth-order valence-electron chi connectivity index (χ4n) is 2.28. The van der Waals surface area contributed by atoms with E-state index in [1.165, 1.54) is 0 Å². The maximum Gasteiger partial charge on any atom is 0.276 e. The van der Waals surface area contributed by atoms with E-state index in [1.54, 1.807) is 18.6 Å². The van der Waals surface area contributed by atoms with Crippen molar-refractivity contribution in [3.8, 4) is 0 Å². The Labute approximate surface area is 105 Å². The van der Waals surface area contributed by atoms with Gasteiger partial charge in [-0.1, -0.05) is 0 Å². The van der Waals surface area contributed by atoms with Crippen LogP contribution in [0, 0.1) is 0 Å². The molecule has 3 rings (SSSR count). The van der Waals surface area contributed by atoms with E-state index in [0.717, 1.165) is 13.1 Å². The van der Waals surface area contributed by atoms with Gasteiger partial charge in [0.05, 0.1) is 0 Å². The topological polar surface area (TPSA) is 62.5 Å². The van der Waals surface area contributed by atoms with E-state index in [-0.39, 0.29) is 11.9 Å². The first-order valence-corrected chi connectivity index (χ1v) is 6.07. The lowest BCUT2D eigenvalue weighted by Crippen LogP contribution is -2.52. The molecule has 6 heteroatoms. The third-order valence-electron chi connectivity index (χ3n) is 3.28. The van der Waals surface area contributed by atoms with Crippen LogP contribution in [0.1, 0.15) is 17.4 Å². The highest BCUT2D eigenvalue weighted by Gasteiger charge is 2.26. The summed E-state index contributed by atoms with van der Waals surface area (Å²) in [6.07, 6.45) is 6.92. The Kier molecular flexibility index (Phi) is 2.71. The number of fused-ring (bicyclic) bond motifs is 1. The number of hydrogen-bond acceptors (Lipinski definition) is 4. The summed E-state index contributed by atoms with van der Waals surface area (Å²) in [5, 5.41) is 3.27. The highest BCUT2D eigenvalue weighted by Crippen LogP contribution is 2.12. The summed E-state index contributed by atoms with van der Waals surface area (Å²) in [5.41, 5.74) is 1.05. The maximum atomic E-state index is 12.5. The molecule has 18 heavy (non-hydrogen) atoms. The van der Waals surface area contributed by atoms with Crippen molar-refractivity contribution in [1.82, 2.24) is 24.6 Å². The molecule has 1 atom stereocenters. The molecule has 0 unspecified atom stereocenters. The number of rotatable bonds is 1. The lowest BCUT2D eigenvalue weighted by atomic mass is 10.2. The van der Waals surface area contributed by atoms with Gasteiger partial charge in [0.1, 0.15) is 0 Å². The molecule has 1 N–H and O–H groups in total. The van der Waals surface area contributed by atoms with Crippen LogP contribution in [0.4, 0.5) is 0 Å². The van der Waals surface area contributed by atoms with Crippen LogP contribution in [0.15, 0.2) is 24.8 Å². The average Bonchev–Trinajstić information content (AvgIpc) is 2.86. The van der Waals surface area contributed by atoms with Crippen LogP contribution in [0.5, 0.6) is 0 Å². The molecule has 94 valence electrons. The van der Waals surface area contributed by atoms with Crippen molar-refractivity contribution in [2.45, 2.75) is 13.0 Å². The number of imidazole rings is 1. The van der Waals surface area contributed by atoms with Gasteiger partial charge in [-0.15, -0.1) is 0 Å². The smallest absolute Gasteiger partial charge is 0.276 e. The van der Waals surface area contributed by atoms with Gasteiger partial charge in [0, 0.05) is 50.5 Å². The number of hydrogen-bond donors (Lipinski definition) is 1. The third-order valence-corrected chi connectivity index (χ3v) is 3.28. The van der Waals surface area contributed by atoms with E-state index in [4.69, 9.17) is 0 Å². The Morgan fingerprint density at radius 3 is 2.94 bits per heavy atom. The molecular formula is C12H15N5O. The summed E-state index contributed by atoms with van der Waals surface area (Å²) in [6.45, 7) is 4.40. The van der Waals surface area contributed by atoms with Gasteiger partial charge >= 0.3 is 0 Å². The van der Waals surface area contributed by atoms with Crippen LogP contribution in [0.3, 0.4) is 0 Å². The highest BCUT2D eigenvalue weighted by atomic mass is 16.2. The van der Waals surface area contributed by atoms with Crippen LogP contribution >= 0.6 is 0 Å². The van der Waals surface area contributed by atoms with Gasteiger partial charge in [-0.2, -0.15) is 0 Å². The molecule has 6 nitrogen and oxygen atoms in total. The third kappa shape index (κ3) is 1.74. The standard InChI is InChI=1S/C12H15N5O/c1-9-8-13-2-7-17(9)12(18)10-11-15-4-6-16(11)5-3-14-10/h3-6,9,13H,2,7-8H2,1H3/t9-/m1/s1. The zero-order chi connectivity index (χ0) is 12.5. The molecular weight excluding hydrogens is 230 g/mol. The number of nitrogens with one attached hydrogen (secondary N) is 1. The minimum absolute atomic E-state index is 0.0409. The van der Waals surface area contributed by atoms with E-state index in [2.05, 4.69) is 15.3 Å². The summed E-state index contributed by atoms with van der Waals surface area (Å²) in [6, 6.07) is 0.184. The summed E-state index contributed by atoms with van der Waals surface area (Å²) < 4.78 is 1.81. The Balaban J connectivity index is 1.98. The Morgan fingerprint density at radius 1 is 1.39 bits per heavy atom. The quantitative estimate of drug-likeness (QED) is 0.777. The van der Waals surface area contributed by atoms with Crippen molar-refractivity contribution in [2.75, 3.05) is 19.6 Å². The summed E-state index contributed by atoms with van der Waals surface area (Å²) >= 11 is 0. The van der Waals surface area contributed by atoms with Gasteiger partial charge < -0.3 is 14.6 Å². The van der Waals surface area contributed by atoms with E-state index < -0.39 is 0 Å². The number of piperazine rings is 1. The molecule has 1 amide bonds. The zero-order valence-electron chi connectivity index (χ0n) is 10.2. The molecule has 3 heterocycles. The van der Waals surface area contributed by atoms with Crippen LogP contribution in [-0.2, 0) is 0 Å². The van der Waals surface area contributed by atoms with Gasteiger partial charge in [0.25, 0.3) is 5.91 Å². The fraction of sp³-hybridized carbons (Fsp3) is 0.417. The second-order valence-electron chi connectivity index (χ2n) is 4.49. The molecule has 0 bridgehead atoms.